The van der Waals surface area contributed by atoms with E-state index in [9.17, 15) is 18.8 Å². The van der Waals surface area contributed by atoms with Crippen LogP contribution in [0.2, 0.25) is 0 Å². The molecule has 3 aromatic heterocycles. The minimum atomic E-state index is -0.383. The second-order valence-electron chi connectivity index (χ2n) is 15.0. The average molecular weight is 880 g/mol. The lowest BCUT2D eigenvalue weighted by atomic mass is 9.96. The predicted octanol–water partition coefficient (Wildman–Crippen LogP) is 9.29. The summed E-state index contributed by atoms with van der Waals surface area (Å²) in [6, 6.07) is 23.1. The van der Waals surface area contributed by atoms with Crippen LogP contribution in [-0.2, 0) is 16.0 Å². The Hall–Kier alpha value is -6.61. The van der Waals surface area contributed by atoms with Gasteiger partial charge in [-0.25, -0.2) is 9.37 Å². The summed E-state index contributed by atoms with van der Waals surface area (Å²) in [5.74, 6) is -0.149. The second kappa shape index (κ2) is 23.6. The molecule has 3 aromatic carbocycles. The highest BCUT2D eigenvalue weighted by Crippen LogP contribution is 2.29. The lowest BCUT2D eigenvalue weighted by Gasteiger charge is -2.32. The quantitative estimate of drug-likeness (QED) is 0.119. The highest BCUT2D eigenvalue weighted by Gasteiger charge is 2.30. The lowest BCUT2D eigenvalue weighted by Crippen LogP contribution is -2.45. The van der Waals surface area contributed by atoms with Crippen LogP contribution >= 0.6 is 11.3 Å². The van der Waals surface area contributed by atoms with E-state index in [0.717, 1.165) is 90.0 Å². The van der Waals surface area contributed by atoms with E-state index in [0.29, 0.717) is 35.8 Å². The van der Waals surface area contributed by atoms with Gasteiger partial charge in [0.2, 0.25) is 5.91 Å². The van der Waals surface area contributed by atoms with Gasteiger partial charge >= 0.3 is 0 Å². The van der Waals surface area contributed by atoms with Crippen molar-refractivity contribution < 1.29 is 27.8 Å². The zero-order valence-corrected chi connectivity index (χ0v) is 37.2. The van der Waals surface area contributed by atoms with Gasteiger partial charge < -0.3 is 31.0 Å². The van der Waals surface area contributed by atoms with Gasteiger partial charge in [-0.2, -0.15) is 5.10 Å². The van der Waals surface area contributed by atoms with E-state index in [-0.39, 0.29) is 39.8 Å². The number of fused-ring (bicyclic) bond motifs is 1. The van der Waals surface area contributed by atoms with Crippen LogP contribution in [0.4, 0.5) is 21.0 Å². The topological polar surface area (TPSA) is 176 Å². The molecular formula is C48H62FN9O4S. The van der Waals surface area contributed by atoms with Crippen LogP contribution in [0.25, 0.3) is 22.2 Å². The molecule has 0 radical (unpaired) electrons. The third-order valence-corrected chi connectivity index (χ3v) is 11.6. The number of amides is 3. The van der Waals surface area contributed by atoms with Gasteiger partial charge in [0.1, 0.15) is 12.6 Å². The number of likely N-dealkylation sites (tertiary alicyclic amines) is 1. The number of hydrogen-bond donors (Lipinski definition) is 3. The molecule has 1 unspecified atom stereocenters. The number of nitrogens with zero attached hydrogens (tertiary/aromatic N) is 6. The van der Waals surface area contributed by atoms with Crippen molar-refractivity contribution in [3.63, 3.8) is 0 Å². The van der Waals surface area contributed by atoms with Crippen molar-refractivity contribution in [1.29, 1.82) is 0 Å². The number of carbonyl (C=O) groups excluding carboxylic acids is 4. The van der Waals surface area contributed by atoms with Crippen molar-refractivity contribution in [1.82, 2.24) is 30.4 Å². The van der Waals surface area contributed by atoms with Gasteiger partial charge in [0.15, 0.2) is 10.9 Å². The van der Waals surface area contributed by atoms with Crippen molar-refractivity contribution in [2.45, 2.75) is 72.3 Å². The summed E-state index contributed by atoms with van der Waals surface area (Å²) < 4.78 is 13.2. The molecule has 5 heterocycles. The highest BCUT2D eigenvalue weighted by molar-refractivity contribution is 7.14. The number of hydrogen-bond acceptors (Lipinski definition) is 11. The van der Waals surface area contributed by atoms with E-state index in [2.05, 4.69) is 48.7 Å². The first kappa shape index (κ1) is 47.4. The normalized spacial score (nSPS) is 14.8. The Morgan fingerprint density at radius 2 is 1.68 bits per heavy atom. The molecule has 15 heteroatoms. The minimum absolute atomic E-state index is 0. The third-order valence-electron chi connectivity index (χ3n) is 10.8. The molecular weight excluding hydrogens is 818 g/mol. The molecule has 6 aromatic rings. The standard InChI is InChI=1S/C25H27FN4O2S.C20H21N5O.C2H6.CH2O.3H2/c1-2-4-17-13-18(8-11-21(17)27)22-15-33-25(28-22)29-23(31)19-5-3-12-30(14-19)24(32)16-6-9-20(26)10-7-16;1-14-6-10-21-18-5-4-15(13-17(14)18)20(26)23-16-7-11-25(12-8-16)19-3-2-9-22-24-19;2*1-2;;;/h6-11,13,15,19H,2-5,12,14,27H2,1H3,(H,28,29,31);2-6,9-10,13,16H,7-8,11-12H2,1H3,(H,23,26);1-2H3;1H2;3*1H. The van der Waals surface area contributed by atoms with Gasteiger partial charge in [0.05, 0.1) is 17.1 Å². The molecule has 13 nitrogen and oxygen atoms in total. The molecule has 4 N–H and O–H groups in total. The molecule has 0 spiro atoms. The fraction of sp³-hybridized carbons (Fsp3) is 0.333. The SMILES string of the molecule is C=O.CC.CCCc1cc(-c2csc(NC(=O)C3CCCN(C(=O)c4ccc(F)cc4)C3)n2)ccc1N.Cc1ccnc2ccc(C(=O)NC3CCN(c4cccnn4)CC3)cc12.[HH].[HH].[HH]. The van der Waals surface area contributed by atoms with Crippen LogP contribution in [0.5, 0.6) is 0 Å². The first-order valence-corrected chi connectivity index (χ1v) is 22.2. The monoisotopic (exact) mass is 879 g/mol. The number of rotatable bonds is 9. The number of nitrogens with two attached hydrogens (primary N) is 1. The molecule has 0 aliphatic carbocycles. The number of carbonyl (C=O) groups is 4. The maximum atomic E-state index is 13.2. The Labute approximate surface area is 376 Å². The number of pyridine rings is 1. The molecule has 2 aliphatic heterocycles. The molecule has 0 bridgehead atoms. The number of nitrogen functional groups attached to an aromatic ring is 1. The smallest absolute Gasteiger partial charge is 0.253 e. The fourth-order valence-corrected chi connectivity index (χ4v) is 8.20. The Bertz CT molecular complexity index is 2440. The predicted molar refractivity (Wildman–Crippen MR) is 256 cm³/mol. The van der Waals surface area contributed by atoms with Crippen LogP contribution < -0.4 is 21.3 Å². The third kappa shape index (κ3) is 12.7. The number of benzene rings is 3. The van der Waals surface area contributed by atoms with Crippen molar-refractivity contribution in [3.05, 3.63) is 125 Å². The number of aryl methyl sites for hydroxylation is 2. The summed E-state index contributed by atoms with van der Waals surface area (Å²) >= 11 is 1.38. The first-order chi connectivity index (χ1) is 30.6. The maximum absolute atomic E-state index is 13.2. The summed E-state index contributed by atoms with van der Waals surface area (Å²) in [4.78, 5) is 59.1. The van der Waals surface area contributed by atoms with Gasteiger partial charge in [-0.1, -0.05) is 33.3 Å². The van der Waals surface area contributed by atoms with E-state index in [4.69, 9.17) is 10.5 Å². The number of aromatic nitrogens is 4. The van der Waals surface area contributed by atoms with Gasteiger partial charge in [0, 0.05) is 82.0 Å². The number of halogens is 1. The fourth-order valence-electron chi connectivity index (χ4n) is 7.48. The number of anilines is 3. The van der Waals surface area contributed by atoms with Gasteiger partial charge in [0.25, 0.3) is 11.8 Å². The summed E-state index contributed by atoms with van der Waals surface area (Å²) in [6.45, 7) is 12.8. The van der Waals surface area contributed by atoms with Crippen molar-refractivity contribution in [3.8, 4) is 11.3 Å². The van der Waals surface area contributed by atoms with Crippen LogP contribution in [0.3, 0.4) is 0 Å². The Morgan fingerprint density at radius 3 is 2.40 bits per heavy atom. The van der Waals surface area contributed by atoms with Gasteiger partial charge in [-0.05, 0) is 123 Å². The zero-order valence-electron chi connectivity index (χ0n) is 36.4. The molecule has 3 amide bonds. The van der Waals surface area contributed by atoms with Crippen LogP contribution in [0.15, 0.2) is 96.6 Å². The molecule has 2 saturated heterocycles. The van der Waals surface area contributed by atoms with Crippen LogP contribution in [-0.4, -0.2) is 81.8 Å². The molecule has 0 saturated carbocycles. The summed E-state index contributed by atoms with van der Waals surface area (Å²) in [6.07, 6.45) is 8.62. The molecule has 336 valence electrons. The Kier molecular flexibility index (Phi) is 17.7. The molecule has 1 atom stereocenters. The van der Waals surface area contributed by atoms with Crippen molar-refractivity contribution in [2.75, 3.05) is 42.1 Å². The van der Waals surface area contributed by atoms with Crippen molar-refractivity contribution in [2.24, 2.45) is 5.92 Å². The number of piperidine rings is 2. The number of nitrogens with one attached hydrogen (secondary N) is 2. The van der Waals surface area contributed by atoms with E-state index in [1.54, 1.807) is 17.3 Å². The van der Waals surface area contributed by atoms with E-state index < -0.39 is 0 Å². The van der Waals surface area contributed by atoms with Crippen LogP contribution in [0, 0.1) is 18.7 Å². The molecule has 63 heavy (non-hydrogen) atoms. The zero-order chi connectivity index (χ0) is 45.3. The Balaban J connectivity index is 0.000000413. The lowest BCUT2D eigenvalue weighted by molar-refractivity contribution is -0.121. The van der Waals surface area contributed by atoms with Gasteiger partial charge in [-0.15, -0.1) is 16.4 Å². The van der Waals surface area contributed by atoms with E-state index in [1.807, 2.05) is 81.5 Å². The Morgan fingerprint density at radius 1 is 0.937 bits per heavy atom. The van der Waals surface area contributed by atoms with Gasteiger partial charge in [-0.3, -0.25) is 19.4 Å². The largest absolute Gasteiger partial charge is 0.399 e. The molecule has 8 rings (SSSR count). The van der Waals surface area contributed by atoms with Crippen molar-refractivity contribution >= 4 is 63.4 Å². The summed E-state index contributed by atoms with van der Waals surface area (Å²) in [5, 5.41) is 17.7. The average Bonchev–Trinajstić information content (AvgIpc) is 3.80. The second-order valence-corrected chi connectivity index (χ2v) is 15.8. The van der Waals surface area contributed by atoms with Crippen LogP contribution in [0.1, 0.15) is 89.0 Å². The first-order valence-electron chi connectivity index (χ1n) is 21.3. The van der Waals surface area contributed by atoms with E-state index in [1.165, 1.54) is 35.6 Å². The summed E-state index contributed by atoms with van der Waals surface area (Å²) in [7, 11) is 0. The maximum Gasteiger partial charge on any atom is 0.253 e. The molecule has 2 aliphatic rings. The minimum Gasteiger partial charge on any atom is -0.399 e. The summed E-state index contributed by atoms with van der Waals surface area (Å²) in [5.41, 5.74) is 12.9. The number of thiazole rings is 1. The van der Waals surface area contributed by atoms with E-state index >= 15 is 0 Å². The highest BCUT2D eigenvalue weighted by atomic mass is 32.1. The molecule has 2 fully saturated rings.